The maximum absolute atomic E-state index is 12.0. The number of nitrogens with one attached hydrogen (secondary N) is 1. The van der Waals surface area contributed by atoms with Crippen LogP contribution in [0.4, 0.5) is 13.2 Å². The number of alkyl halides is 3. The third-order valence-corrected chi connectivity index (χ3v) is 4.23. The highest BCUT2D eigenvalue weighted by atomic mass is 32.1. The molecule has 0 bridgehead atoms. The second-order valence-corrected chi connectivity index (χ2v) is 5.59. The normalized spacial score (nSPS) is 20.1. The molecule has 1 amide bonds. The molecule has 7 heteroatoms. The van der Waals surface area contributed by atoms with Crippen LogP contribution in [0.1, 0.15) is 23.4 Å². The zero-order valence-electron chi connectivity index (χ0n) is 10.5. The molecule has 0 unspecified atom stereocenters. The summed E-state index contributed by atoms with van der Waals surface area (Å²) in [5.74, 6) is -0.581. The maximum Gasteiger partial charge on any atom is 0.405 e. The number of nitrogens with zero attached hydrogens (tertiary/aromatic N) is 1. The molecule has 0 saturated carbocycles. The van der Waals surface area contributed by atoms with Gasteiger partial charge in [-0.1, -0.05) is 0 Å². The lowest BCUT2D eigenvalue weighted by Crippen LogP contribution is -2.43. The lowest BCUT2D eigenvalue weighted by atomic mass is 10.0. The van der Waals surface area contributed by atoms with Crippen molar-refractivity contribution >= 4 is 17.2 Å². The minimum absolute atomic E-state index is 0.00648. The van der Waals surface area contributed by atoms with Gasteiger partial charge in [0.05, 0.1) is 6.54 Å². The molecule has 1 aromatic rings. The zero-order valence-corrected chi connectivity index (χ0v) is 11.3. The molecule has 0 spiro atoms. The van der Waals surface area contributed by atoms with E-state index in [9.17, 15) is 18.0 Å². The Bertz CT molecular complexity index is 458. The molecule has 19 heavy (non-hydrogen) atoms. The maximum atomic E-state index is 12.0. The van der Waals surface area contributed by atoms with E-state index in [2.05, 4.69) is 0 Å². The van der Waals surface area contributed by atoms with Gasteiger partial charge in [-0.2, -0.15) is 13.2 Å². The summed E-state index contributed by atoms with van der Waals surface area (Å²) in [4.78, 5) is 14.7. The highest BCUT2D eigenvalue weighted by molar-refractivity contribution is 7.10. The van der Waals surface area contributed by atoms with Crippen molar-refractivity contribution in [2.45, 2.75) is 25.6 Å². The average Bonchev–Trinajstić information content (AvgIpc) is 2.78. The Kier molecular flexibility index (Phi) is 4.15. The molecule has 0 saturated heterocycles. The van der Waals surface area contributed by atoms with Gasteiger partial charge in [-0.15, -0.1) is 11.3 Å². The number of carbonyl (C=O) groups excluding carboxylic acids is 1. The highest BCUT2D eigenvalue weighted by Crippen LogP contribution is 2.32. The third-order valence-electron chi connectivity index (χ3n) is 3.24. The lowest BCUT2D eigenvalue weighted by molar-refractivity contribution is -0.139. The Morgan fingerprint density at radius 2 is 2.32 bits per heavy atom. The minimum Gasteiger partial charge on any atom is -0.346 e. The summed E-state index contributed by atoms with van der Waals surface area (Å²) in [6.45, 7) is 1.42. The molecule has 1 aliphatic heterocycles. The van der Waals surface area contributed by atoms with Crippen molar-refractivity contribution in [1.82, 2.24) is 10.2 Å². The first-order valence-corrected chi connectivity index (χ1v) is 6.88. The zero-order chi connectivity index (χ0) is 14.0. The van der Waals surface area contributed by atoms with Gasteiger partial charge in [0.2, 0.25) is 5.91 Å². The average molecular weight is 292 g/mol. The Balaban J connectivity index is 1.89. The van der Waals surface area contributed by atoms with E-state index in [1.54, 1.807) is 11.3 Å². The van der Waals surface area contributed by atoms with Crippen molar-refractivity contribution < 1.29 is 18.0 Å². The first-order chi connectivity index (χ1) is 8.87. The standard InChI is InChI=1S/C12H15F3N2OS/c1-8-9-3-5-19-10(9)2-4-17(8)6-11(18)16-7-12(13,14)15/h3,5,8H,2,4,6-7H2,1H3,(H,16,18)/t8-/m0/s1. The number of rotatable bonds is 3. The van der Waals surface area contributed by atoms with E-state index in [-0.39, 0.29) is 12.6 Å². The topological polar surface area (TPSA) is 32.3 Å². The molecular weight excluding hydrogens is 277 g/mol. The van der Waals surface area contributed by atoms with Crippen molar-refractivity contribution in [3.63, 3.8) is 0 Å². The van der Waals surface area contributed by atoms with Crippen LogP contribution >= 0.6 is 11.3 Å². The Hall–Kier alpha value is -1.08. The monoisotopic (exact) mass is 292 g/mol. The van der Waals surface area contributed by atoms with Gasteiger partial charge in [0.25, 0.3) is 0 Å². The molecule has 2 heterocycles. The predicted octanol–water partition coefficient (Wildman–Crippen LogP) is 2.35. The molecule has 1 N–H and O–H groups in total. The molecule has 0 radical (unpaired) electrons. The fraction of sp³-hybridized carbons (Fsp3) is 0.583. The summed E-state index contributed by atoms with van der Waals surface area (Å²) in [7, 11) is 0. The van der Waals surface area contributed by atoms with E-state index in [1.807, 2.05) is 28.6 Å². The fourth-order valence-corrected chi connectivity index (χ4v) is 3.18. The quantitative estimate of drug-likeness (QED) is 0.927. The van der Waals surface area contributed by atoms with Gasteiger partial charge in [0.1, 0.15) is 6.54 Å². The number of fused-ring (bicyclic) bond motifs is 1. The van der Waals surface area contributed by atoms with E-state index in [4.69, 9.17) is 0 Å². The molecule has 3 nitrogen and oxygen atoms in total. The van der Waals surface area contributed by atoms with Crippen LogP contribution < -0.4 is 5.32 Å². The van der Waals surface area contributed by atoms with Gasteiger partial charge < -0.3 is 5.32 Å². The van der Waals surface area contributed by atoms with Crippen LogP contribution in [0.2, 0.25) is 0 Å². The predicted molar refractivity (Wildman–Crippen MR) is 67.1 cm³/mol. The van der Waals surface area contributed by atoms with Gasteiger partial charge in [0.15, 0.2) is 0 Å². The van der Waals surface area contributed by atoms with Gasteiger partial charge in [-0.3, -0.25) is 9.69 Å². The van der Waals surface area contributed by atoms with Crippen molar-refractivity contribution in [2.75, 3.05) is 19.6 Å². The van der Waals surface area contributed by atoms with Crippen molar-refractivity contribution in [3.05, 3.63) is 21.9 Å². The second kappa shape index (κ2) is 5.50. The summed E-state index contributed by atoms with van der Waals surface area (Å²) in [6.07, 6.45) is -3.51. The summed E-state index contributed by atoms with van der Waals surface area (Å²) < 4.78 is 36.0. The van der Waals surface area contributed by atoms with Gasteiger partial charge in [-0.05, 0) is 30.4 Å². The van der Waals surface area contributed by atoms with Crippen LogP contribution in [-0.2, 0) is 11.2 Å². The van der Waals surface area contributed by atoms with Crippen LogP contribution in [0.3, 0.4) is 0 Å². The van der Waals surface area contributed by atoms with Crippen LogP contribution in [0.25, 0.3) is 0 Å². The van der Waals surface area contributed by atoms with Crippen LogP contribution in [0.5, 0.6) is 0 Å². The van der Waals surface area contributed by atoms with E-state index < -0.39 is 18.6 Å². The molecule has 0 aromatic carbocycles. The molecule has 1 atom stereocenters. The lowest BCUT2D eigenvalue weighted by Gasteiger charge is -2.32. The van der Waals surface area contributed by atoms with Crippen molar-refractivity contribution in [1.29, 1.82) is 0 Å². The minimum atomic E-state index is -4.36. The molecule has 106 valence electrons. The summed E-state index contributed by atoms with van der Waals surface area (Å²) in [5, 5.41) is 3.91. The number of thiophene rings is 1. The van der Waals surface area contributed by atoms with Gasteiger partial charge in [0, 0.05) is 17.5 Å². The van der Waals surface area contributed by atoms with Crippen molar-refractivity contribution in [2.24, 2.45) is 0 Å². The van der Waals surface area contributed by atoms with Crippen LogP contribution in [0, 0.1) is 0 Å². The van der Waals surface area contributed by atoms with Crippen molar-refractivity contribution in [3.8, 4) is 0 Å². The number of halogens is 3. The molecule has 1 aromatic heterocycles. The fourth-order valence-electron chi connectivity index (χ4n) is 2.22. The summed E-state index contributed by atoms with van der Waals surface area (Å²) in [6, 6.07) is 2.09. The smallest absolute Gasteiger partial charge is 0.346 e. The Morgan fingerprint density at radius 3 is 3.00 bits per heavy atom. The Morgan fingerprint density at radius 1 is 1.58 bits per heavy atom. The molecule has 2 rings (SSSR count). The molecular formula is C12H15F3N2OS. The van der Waals surface area contributed by atoms with E-state index in [0.717, 1.165) is 6.42 Å². The Labute approximate surface area is 113 Å². The summed E-state index contributed by atoms with van der Waals surface area (Å²) >= 11 is 1.69. The SMILES string of the molecule is C[C@H]1c2ccsc2CCN1CC(=O)NCC(F)(F)F. The first kappa shape index (κ1) is 14.3. The number of hydrogen-bond acceptors (Lipinski definition) is 3. The van der Waals surface area contributed by atoms with E-state index >= 15 is 0 Å². The number of amides is 1. The number of carbonyl (C=O) groups is 1. The number of hydrogen-bond donors (Lipinski definition) is 1. The molecule has 0 fully saturated rings. The largest absolute Gasteiger partial charge is 0.405 e. The van der Waals surface area contributed by atoms with E-state index in [0.29, 0.717) is 6.54 Å². The third kappa shape index (κ3) is 3.70. The van der Waals surface area contributed by atoms with Gasteiger partial charge in [-0.25, -0.2) is 0 Å². The van der Waals surface area contributed by atoms with Gasteiger partial charge >= 0.3 is 6.18 Å². The first-order valence-electron chi connectivity index (χ1n) is 6.00. The van der Waals surface area contributed by atoms with Crippen LogP contribution in [-0.4, -0.2) is 36.6 Å². The molecule has 0 aliphatic carbocycles. The molecule has 1 aliphatic rings. The van der Waals surface area contributed by atoms with E-state index in [1.165, 1.54) is 10.4 Å². The second-order valence-electron chi connectivity index (χ2n) is 4.59. The van der Waals surface area contributed by atoms with Crippen LogP contribution in [0.15, 0.2) is 11.4 Å². The highest BCUT2D eigenvalue weighted by Gasteiger charge is 2.29. The summed E-state index contributed by atoms with van der Waals surface area (Å²) in [5.41, 5.74) is 1.18.